The van der Waals surface area contributed by atoms with Gasteiger partial charge in [-0.3, -0.25) is 0 Å². The van der Waals surface area contributed by atoms with Gasteiger partial charge in [0.1, 0.15) is 0 Å². The van der Waals surface area contributed by atoms with Crippen molar-refractivity contribution >= 4 is 0 Å². The van der Waals surface area contributed by atoms with Crippen molar-refractivity contribution in [2.75, 3.05) is 13.2 Å². The van der Waals surface area contributed by atoms with Crippen molar-refractivity contribution in [3.05, 3.63) is 0 Å². The van der Waals surface area contributed by atoms with Crippen LogP contribution in [0.2, 0.25) is 0 Å². The zero-order valence-corrected chi connectivity index (χ0v) is 17.4. The fourth-order valence-corrected chi connectivity index (χ4v) is 2.96. The SMILES string of the molecule is CCCCC(CC)CO.CCCCCCC(CO)CCCCCC. The highest BCUT2D eigenvalue weighted by atomic mass is 16.3. The first-order chi connectivity index (χ1) is 11.7. The minimum atomic E-state index is 0.372. The van der Waals surface area contributed by atoms with Crippen molar-refractivity contribution in [3.8, 4) is 0 Å². The number of hydrogen-bond acceptors (Lipinski definition) is 2. The first-order valence-electron chi connectivity index (χ1n) is 10.9. The summed E-state index contributed by atoms with van der Waals surface area (Å²) in [5.41, 5.74) is 0. The van der Waals surface area contributed by atoms with Crippen molar-refractivity contribution in [1.82, 2.24) is 0 Å². The van der Waals surface area contributed by atoms with Gasteiger partial charge in [-0.2, -0.15) is 0 Å². The molecule has 0 saturated heterocycles. The first-order valence-corrected chi connectivity index (χ1v) is 10.9. The molecule has 0 fully saturated rings. The molecule has 2 N–H and O–H groups in total. The summed E-state index contributed by atoms with van der Waals surface area (Å²) >= 11 is 0. The molecule has 0 radical (unpaired) electrons. The Hall–Kier alpha value is -0.0800. The molecule has 2 nitrogen and oxygen atoms in total. The highest BCUT2D eigenvalue weighted by Crippen LogP contribution is 2.17. The molecule has 148 valence electrons. The number of aliphatic hydroxyl groups excluding tert-OH is 2. The van der Waals surface area contributed by atoms with E-state index in [0.29, 0.717) is 25.0 Å². The van der Waals surface area contributed by atoms with Crippen LogP contribution >= 0.6 is 0 Å². The van der Waals surface area contributed by atoms with Gasteiger partial charge in [-0.25, -0.2) is 0 Å². The van der Waals surface area contributed by atoms with Gasteiger partial charge in [0, 0.05) is 13.2 Å². The van der Waals surface area contributed by atoms with Gasteiger partial charge in [0.2, 0.25) is 0 Å². The maximum atomic E-state index is 9.24. The lowest BCUT2D eigenvalue weighted by Crippen LogP contribution is -2.06. The predicted octanol–water partition coefficient (Wildman–Crippen LogP) is 6.73. The molecule has 1 unspecified atom stereocenters. The summed E-state index contributed by atoms with van der Waals surface area (Å²) < 4.78 is 0. The Morgan fingerprint density at radius 1 is 0.500 bits per heavy atom. The molecule has 0 aromatic rings. The summed E-state index contributed by atoms with van der Waals surface area (Å²) in [6.45, 7) is 9.58. The molecule has 0 aliphatic rings. The van der Waals surface area contributed by atoms with Crippen LogP contribution in [-0.2, 0) is 0 Å². The monoisotopic (exact) mass is 344 g/mol. The van der Waals surface area contributed by atoms with E-state index in [1.165, 1.54) is 83.5 Å². The van der Waals surface area contributed by atoms with E-state index in [2.05, 4.69) is 27.7 Å². The standard InChI is InChI=1S/C14H30O.C8H18O/c1-3-5-7-9-11-14(13-15)12-10-8-6-4-2;1-3-5-6-8(4-2)7-9/h14-15H,3-13H2,1-2H3;8-9H,3-7H2,1-2H3. The Morgan fingerprint density at radius 2 is 0.917 bits per heavy atom. The van der Waals surface area contributed by atoms with E-state index in [9.17, 15) is 5.11 Å². The van der Waals surface area contributed by atoms with Gasteiger partial charge in [0.15, 0.2) is 0 Å². The van der Waals surface area contributed by atoms with Gasteiger partial charge in [-0.1, -0.05) is 98.3 Å². The molecule has 24 heavy (non-hydrogen) atoms. The second kappa shape index (κ2) is 22.9. The van der Waals surface area contributed by atoms with Crippen molar-refractivity contribution in [2.45, 2.75) is 118 Å². The van der Waals surface area contributed by atoms with Crippen molar-refractivity contribution in [2.24, 2.45) is 11.8 Å². The van der Waals surface area contributed by atoms with E-state index in [-0.39, 0.29) is 0 Å². The number of hydrogen-bond donors (Lipinski definition) is 2. The van der Waals surface area contributed by atoms with Crippen LogP contribution in [0.15, 0.2) is 0 Å². The fourth-order valence-electron chi connectivity index (χ4n) is 2.96. The van der Waals surface area contributed by atoms with Crippen molar-refractivity contribution in [3.63, 3.8) is 0 Å². The third-order valence-electron chi connectivity index (χ3n) is 4.99. The molecule has 0 bridgehead atoms. The van der Waals surface area contributed by atoms with E-state index in [0.717, 1.165) is 6.42 Å². The molecular weight excluding hydrogens is 296 g/mol. The Balaban J connectivity index is 0. The normalized spacial score (nSPS) is 12.1. The van der Waals surface area contributed by atoms with Gasteiger partial charge in [-0.15, -0.1) is 0 Å². The van der Waals surface area contributed by atoms with Crippen LogP contribution in [0.5, 0.6) is 0 Å². The molecule has 0 aromatic carbocycles. The maximum absolute atomic E-state index is 9.24. The van der Waals surface area contributed by atoms with Crippen molar-refractivity contribution < 1.29 is 10.2 Å². The highest BCUT2D eigenvalue weighted by molar-refractivity contribution is 4.59. The quantitative estimate of drug-likeness (QED) is 0.305. The number of rotatable bonds is 16. The third kappa shape index (κ3) is 20.0. The molecule has 0 aromatic heterocycles. The fraction of sp³-hybridized carbons (Fsp3) is 1.00. The molecule has 2 heteroatoms. The highest BCUT2D eigenvalue weighted by Gasteiger charge is 2.06. The summed E-state index contributed by atoms with van der Waals surface area (Å²) in [5.74, 6) is 1.14. The van der Waals surface area contributed by atoms with Crippen LogP contribution in [0.25, 0.3) is 0 Å². The molecule has 0 saturated carbocycles. The Morgan fingerprint density at radius 3 is 1.25 bits per heavy atom. The smallest absolute Gasteiger partial charge is 0.0459 e. The summed E-state index contributed by atoms with van der Waals surface area (Å²) in [5, 5.41) is 18.0. The molecule has 0 spiro atoms. The van der Waals surface area contributed by atoms with E-state index in [1.807, 2.05) is 0 Å². The van der Waals surface area contributed by atoms with Crippen molar-refractivity contribution in [1.29, 1.82) is 0 Å². The second-order valence-electron chi connectivity index (χ2n) is 7.35. The minimum absolute atomic E-state index is 0.372. The van der Waals surface area contributed by atoms with Crippen LogP contribution in [-0.4, -0.2) is 23.4 Å². The van der Waals surface area contributed by atoms with Gasteiger partial charge in [0.25, 0.3) is 0 Å². The summed E-state index contributed by atoms with van der Waals surface area (Å²) in [7, 11) is 0. The zero-order chi connectivity index (χ0) is 18.5. The van der Waals surface area contributed by atoms with Crippen LogP contribution in [0.4, 0.5) is 0 Å². The third-order valence-corrected chi connectivity index (χ3v) is 4.99. The van der Waals surface area contributed by atoms with E-state index < -0.39 is 0 Å². The first kappa shape index (κ1) is 26.2. The minimum Gasteiger partial charge on any atom is -0.396 e. The van der Waals surface area contributed by atoms with E-state index in [1.54, 1.807) is 0 Å². The number of aliphatic hydroxyl groups is 2. The zero-order valence-electron chi connectivity index (χ0n) is 17.4. The van der Waals surface area contributed by atoms with E-state index >= 15 is 0 Å². The molecule has 1 atom stereocenters. The van der Waals surface area contributed by atoms with E-state index in [4.69, 9.17) is 5.11 Å². The average Bonchev–Trinajstić information content (AvgIpc) is 2.62. The van der Waals surface area contributed by atoms with Crippen LogP contribution in [0.1, 0.15) is 118 Å². The Kier molecular flexibility index (Phi) is 25.0. The number of unbranched alkanes of at least 4 members (excludes halogenated alkanes) is 7. The van der Waals surface area contributed by atoms with Gasteiger partial charge < -0.3 is 10.2 Å². The topological polar surface area (TPSA) is 40.5 Å². The predicted molar refractivity (Wildman–Crippen MR) is 108 cm³/mol. The Bertz CT molecular complexity index is 190. The van der Waals surface area contributed by atoms with Crippen LogP contribution in [0, 0.1) is 11.8 Å². The Labute approximate surface area is 153 Å². The molecule has 0 amide bonds. The second-order valence-corrected chi connectivity index (χ2v) is 7.35. The molecule has 0 heterocycles. The molecular formula is C22H48O2. The van der Waals surface area contributed by atoms with Gasteiger partial charge in [-0.05, 0) is 31.1 Å². The van der Waals surface area contributed by atoms with Crippen LogP contribution in [0.3, 0.4) is 0 Å². The lowest BCUT2D eigenvalue weighted by Gasteiger charge is -2.13. The van der Waals surface area contributed by atoms with Gasteiger partial charge >= 0.3 is 0 Å². The molecule has 0 rings (SSSR count). The molecule has 0 aliphatic heterocycles. The average molecular weight is 345 g/mol. The summed E-state index contributed by atoms with van der Waals surface area (Å²) in [6.07, 6.45) is 18.0. The lowest BCUT2D eigenvalue weighted by atomic mass is 9.95. The largest absolute Gasteiger partial charge is 0.396 e. The summed E-state index contributed by atoms with van der Waals surface area (Å²) in [4.78, 5) is 0. The van der Waals surface area contributed by atoms with Gasteiger partial charge in [0.05, 0.1) is 0 Å². The van der Waals surface area contributed by atoms with Crippen LogP contribution < -0.4 is 0 Å². The lowest BCUT2D eigenvalue weighted by molar-refractivity contribution is 0.204. The molecule has 0 aliphatic carbocycles. The maximum Gasteiger partial charge on any atom is 0.0459 e. The summed E-state index contributed by atoms with van der Waals surface area (Å²) in [6, 6.07) is 0.